The Balaban J connectivity index is 1.64. The van der Waals surface area contributed by atoms with Crippen LogP contribution in [0.4, 0.5) is 0 Å². The molecule has 0 saturated carbocycles. The molecule has 0 aliphatic heterocycles. The molecule has 0 aliphatic rings. The van der Waals surface area contributed by atoms with E-state index in [0.717, 1.165) is 37.6 Å². The number of nitrogens with one attached hydrogen (secondary N) is 1. The topological polar surface area (TPSA) is 34.4 Å². The molecule has 2 rings (SSSR count). The summed E-state index contributed by atoms with van der Waals surface area (Å²) in [5, 5.41) is 3.36. The molecule has 3 heteroatoms. The van der Waals surface area contributed by atoms with Gasteiger partial charge in [-0.15, -0.1) is 0 Å². The summed E-state index contributed by atoms with van der Waals surface area (Å²) in [6, 6.07) is 12.2. The van der Waals surface area contributed by atoms with E-state index in [1.54, 1.807) is 6.26 Å². The number of hydrogen-bond donors (Lipinski definition) is 1. The third-order valence-electron chi connectivity index (χ3n) is 3.40. The van der Waals surface area contributed by atoms with E-state index in [1.165, 1.54) is 24.8 Å². The summed E-state index contributed by atoms with van der Waals surface area (Å²) >= 11 is 0. The van der Waals surface area contributed by atoms with E-state index in [2.05, 4.69) is 24.4 Å². The molecule has 1 aromatic carbocycles. The van der Waals surface area contributed by atoms with Gasteiger partial charge in [0.25, 0.3) is 0 Å². The van der Waals surface area contributed by atoms with E-state index in [-0.39, 0.29) is 0 Å². The predicted molar refractivity (Wildman–Crippen MR) is 85.3 cm³/mol. The highest BCUT2D eigenvalue weighted by atomic mass is 16.5. The van der Waals surface area contributed by atoms with Crippen LogP contribution in [0.2, 0.25) is 0 Å². The molecule has 0 unspecified atom stereocenters. The maximum Gasteiger partial charge on any atom is 0.119 e. The normalized spacial score (nSPS) is 10.7. The van der Waals surface area contributed by atoms with Crippen molar-refractivity contribution in [3.05, 3.63) is 54.0 Å². The first-order valence-corrected chi connectivity index (χ1v) is 7.83. The van der Waals surface area contributed by atoms with Crippen molar-refractivity contribution in [2.24, 2.45) is 0 Å². The van der Waals surface area contributed by atoms with Gasteiger partial charge in [-0.25, -0.2) is 0 Å². The number of ether oxygens (including phenoxy) is 1. The van der Waals surface area contributed by atoms with Gasteiger partial charge in [-0.1, -0.05) is 38.3 Å². The molecule has 0 saturated heterocycles. The van der Waals surface area contributed by atoms with Crippen molar-refractivity contribution in [1.82, 2.24) is 5.32 Å². The third-order valence-corrected chi connectivity index (χ3v) is 3.40. The molecule has 0 spiro atoms. The zero-order valence-electron chi connectivity index (χ0n) is 12.8. The SMILES string of the molecule is CCCCCCOc1ccc(CNCc2ccco2)cc1. The summed E-state index contributed by atoms with van der Waals surface area (Å²) in [6.45, 7) is 4.62. The first-order chi connectivity index (χ1) is 10.4. The third kappa shape index (κ3) is 6.05. The number of benzene rings is 1. The Morgan fingerprint density at radius 2 is 1.86 bits per heavy atom. The summed E-state index contributed by atoms with van der Waals surface area (Å²) in [5.74, 6) is 1.92. The van der Waals surface area contributed by atoms with Crippen LogP contribution in [0, 0.1) is 0 Å². The van der Waals surface area contributed by atoms with E-state index in [1.807, 2.05) is 24.3 Å². The van der Waals surface area contributed by atoms with Gasteiger partial charge in [0.05, 0.1) is 19.4 Å². The molecular formula is C18H25NO2. The summed E-state index contributed by atoms with van der Waals surface area (Å²) in [5.41, 5.74) is 1.25. The largest absolute Gasteiger partial charge is 0.494 e. The average molecular weight is 287 g/mol. The Morgan fingerprint density at radius 1 is 1.00 bits per heavy atom. The highest BCUT2D eigenvalue weighted by Gasteiger charge is 1.98. The zero-order valence-corrected chi connectivity index (χ0v) is 12.8. The lowest BCUT2D eigenvalue weighted by Crippen LogP contribution is -2.11. The van der Waals surface area contributed by atoms with Crippen molar-refractivity contribution in [2.75, 3.05) is 6.61 Å². The zero-order chi connectivity index (χ0) is 14.8. The molecule has 114 valence electrons. The first kappa shape index (κ1) is 15.6. The molecule has 0 radical (unpaired) electrons. The lowest BCUT2D eigenvalue weighted by molar-refractivity contribution is 0.305. The fourth-order valence-electron chi connectivity index (χ4n) is 2.17. The molecule has 3 nitrogen and oxygen atoms in total. The van der Waals surface area contributed by atoms with E-state index in [0.29, 0.717) is 0 Å². The average Bonchev–Trinajstić information content (AvgIpc) is 3.02. The Hall–Kier alpha value is -1.74. The second kappa shape index (κ2) is 9.24. The molecule has 0 aliphatic carbocycles. The van der Waals surface area contributed by atoms with Crippen LogP contribution >= 0.6 is 0 Å². The highest BCUT2D eigenvalue weighted by molar-refractivity contribution is 5.27. The first-order valence-electron chi connectivity index (χ1n) is 7.83. The van der Waals surface area contributed by atoms with Gasteiger partial charge in [0.1, 0.15) is 11.5 Å². The minimum atomic E-state index is 0.753. The second-order valence-corrected chi connectivity index (χ2v) is 5.24. The van der Waals surface area contributed by atoms with E-state index in [4.69, 9.17) is 9.15 Å². The van der Waals surface area contributed by atoms with Crippen molar-refractivity contribution >= 4 is 0 Å². The molecular weight excluding hydrogens is 262 g/mol. The predicted octanol–water partition coefficient (Wildman–Crippen LogP) is 4.53. The van der Waals surface area contributed by atoms with Crippen molar-refractivity contribution in [2.45, 2.75) is 45.7 Å². The van der Waals surface area contributed by atoms with Crippen molar-refractivity contribution < 1.29 is 9.15 Å². The van der Waals surface area contributed by atoms with Gasteiger partial charge in [0.15, 0.2) is 0 Å². The van der Waals surface area contributed by atoms with Crippen molar-refractivity contribution in [3.8, 4) is 5.75 Å². The minimum Gasteiger partial charge on any atom is -0.494 e. The molecule has 0 amide bonds. The van der Waals surface area contributed by atoms with Gasteiger partial charge in [-0.2, -0.15) is 0 Å². The van der Waals surface area contributed by atoms with Gasteiger partial charge >= 0.3 is 0 Å². The van der Waals surface area contributed by atoms with Gasteiger partial charge in [-0.3, -0.25) is 0 Å². The Labute approximate surface area is 127 Å². The van der Waals surface area contributed by atoms with E-state index in [9.17, 15) is 0 Å². The van der Waals surface area contributed by atoms with E-state index >= 15 is 0 Å². The Morgan fingerprint density at radius 3 is 2.57 bits per heavy atom. The van der Waals surface area contributed by atoms with Crippen LogP contribution in [-0.2, 0) is 13.1 Å². The lowest BCUT2D eigenvalue weighted by atomic mass is 10.2. The second-order valence-electron chi connectivity index (χ2n) is 5.24. The summed E-state index contributed by atoms with van der Waals surface area (Å²) < 4.78 is 11.0. The van der Waals surface area contributed by atoms with Gasteiger partial charge in [0.2, 0.25) is 0 Å². The molecule has 0 atom stereocenters. The van der Waals surface area contributed by atoms with Gasteiger partial charge < -0.3 is 14.5 Å². The molecule has 1 N–H and O–H groups in total. The van der Waals surface area contributed by atoms with E-state index < -0.39 is 0 Å². The Kier molecular flexibility index (Phi) is 6.89. The molecule has 21 heavy (non-hydrogen) atoms. The maximum absolute atomic E-state index is 5.74. The van der Waals surface area contributed by atoms with Crippen molar-refractivity contribution in [3.63, 3.8) is 0 Å². The molecule has 1 aromatic heterocycles. The number of rotatable bonds is 10. The summed E-state index contributed by atoms with van der Waals surface area (Å²) in [4.78, 5) is 0. The van der Waals surface area contributed by atoms with Crippen LogP contribution in [0.3, 0.4) is 0 Å². The smallest absolute Gasteiger partial charge is 0.119 e. The van der Waals surface area contributed by atoms with Gasteiger partial charge in [-0.05, 0) is 36.2 Å². The molecule has 2 aromatic rings. The van der Waals surface area contributed by atoms with Crippen LogP contribution < -0.4 is 10.1 Å². The number of furan rings is 1. The summed E-state index contributed by atoms with van der Waals surface area (Å²) in [7, 11) is 0. The quantitative estimate of drug-likeness (QED) is 0.652. The molecule has 0 fully saturated rings. The molecule has 0 bridgehead atoms. The Bertz CT molecular complexity index is 476. The van der Waals surface area contributed by atoms with Crippen LogP contribution in [0.1, 0.15) is 43.9 Å². The fourth-order valence-corrected chi connectivity index (χ4v) is 2.17. The van der Waals surface area contributed by atoms with Crippen LogP contribution in [0.15, 0.2) is 47.1 Å². The monoisotopic (exact) mass is 287 g/mol. The number of unbranched alkanes of at least 4 members (excludes halogenated alkanes) is 3. The highest BCUT2D eigenvalue weighted by Crippen LogP contribution is 2.13. The molecule has 1 heterocycles. The van der Waals surface area contributed by atoms with Crippen LogP contribution in [0.5, 0.6) is 5.75 Å². The van der Waals surface area contributed by atoms with Gasteiger partial charge in [0, 0.05) is 6.54 Å². The minimum absolute atomic E-state index is 0.753. The lowest BCUT2D eigenvalue weighted by Gasteiger charge is -2.07. The number of hydrogen-bond acceptors (Lipinski definition) is 3. The maximum atomic E-state index is 5.74. The summed E-state index contributed by atoms with van der Waals surface area (Å²) in [6.07, 6.45) is 6.65. The fraction of sp³-hybridized carbons (Fsp3) is 0.444. The van der Waals surface area contributed by atoms with Crippen LogP contribution in [-0.4, -0.2) is 6.61 Å². The van der Waals surface area contributed by atoms with Crippen molar-refractivity contribution in [1.29, 1.82) is 0 Å². The van der Waals surface area contributed by atoms with Crippen LogP contribution in [0.25, 0.3) is 0 Å². The standard InChI is InChI=1S/C18H25NO2/c1-2-3-4-5-12-20-17-10-8-16(9-11-17)14-19-15-18-7-6-13-21-18/h6-11,13,19H,2-5,12,14-15H2,1H3.